The summed E-state index contributed by atoms with van der Waals surface area (Å²) in [6.07, 6.45) is 2.10. The molecule has 0 aliphatic carbocycles. The molecule has 0 radical (unpaired) electrons. The summed E-state index contributed by atoms with van der Waals surface area (Å²) in [6, 6.07) is 1.47. The van der Waals surface area contributed by atoms with Crippen LogP contribution in [0, 0.1) is 10.1 Å². The van der Waals surface area contributed by atoms with Gasteiger partial charge in [0.1, 0.15) is 17.6 Å². The lowest BCUT2D eigenvalue weighted by Gasteiger charge is -2.30. The molecule has 2 heterocycles. The number of hydrogen-bond acceptors (Lipinski definition) is 5. The van der Waals surface area contributed by atoms with Gasteiger partial charge < -0.3 is 4.74 Å². The van der Waals surface area contributed by atoms with Crippen molar-refractivity contribution in [3.8, 4) is 0 Å². The molecule has 0 N–H and O–H groups in total. The second-order valence-corrected chi connectivity index (χ2v) is 5.67. The van der Waals surface area contributed by atoms with Crippen molar-refractivity contribution in [3.63, 3.8) is 0 Å². The number of pyridine rings is 1. The number of fused-ring (bicyclic) bond motifs is 1. The normalized spacial score (nSPS) is 14.7. The van der Waals surface area contributed by atoms with Crippen LogP contribution in [0.15, 0.2) is 12.3 Å². The molecule has 108 valence electrons. The van der Waals surface area contributed by atoms with E-state index >= 15 is 0 Å². The third-order valence-electron chi connectivity index (χ3n) is 2.84. The predicted octanol–water partition coefficient (Wildman–Crippen LogP) is 2.68. The summed E-state index contributed by atoms with van der Waals surface area (Å²) in [4.78, 5) is 27.9. The van der Waals surface area contributed by atoms with Crippen LogP contribution >= 0.6 is 0 Å². The van der Waals surface area contributed by atoms with Crippen molar-refractivity contribution >= 4 is 17.6 Å². The maximum atomic E-state index is 12.1. The summed E-state index contributed by atoms with van der Waals surface area (Å²) in [6.45, 7) is 5.88. The Morgan fingerprint density at radius 2 is 2.20 bits per heavy atom. The van der Waals surface area contributed by atoms with E-state index in [1.165, 1.54) is 17.2 Å². The monoisotopic (exact) mass is 279 g/mol. The SMILES string of the molecule is CC(C)(C)OC(=O)N1CCCc2cc([N+](=O)[O-])cnc21. The number of carbonyl (C=O) groups is 1. The highest BCUT2D eigenvalue weighted by Crippen LogP contribution is 2.29. The van der Waals surface area contributed by atoms with E-state index < -0.39 is 16.6 Å². The molecular weight excluding hydrogens is 262 g/mol. The minimum Gasteiger partial charge on any atom is -0.443 e. The molecule has 0 saturated heterocycles. The van der Waals surface area contributed by atoms with E-state index in [1.54, 1.807) is 20.8 Å². The van der Waals surface area contributed by atoms with E-state index in [9.17, 15) is 14.9 Å². The van der Waals surface area contributed by atoms with Gasteiger partial charge in [0.15, 0.2) is 0 Å². The topological polar surface area (TPSA) is 85.6 Å². The molecule has 7 nitrogen and oxygen atoms in total. The Hall–Kier alpha value is -2.18. The number of ether oxygens (including phenoxy) is 1. The van der Waals surface area contributed by atoms with Crippen LogP contribution in [-0.2, 0) is 11.2 Å². The molecule has 0 bridgehead atoms. The van der Waals surface area contributed by atoms with Gasteiger partial charge in [0.25, 0.3) is 5.69 Å². The molecule has 0 saturated carbocycles. The van der Waals surface area contributed by atoms with Crippen molar-refractivity contribution in [2.24, 2.45) is 0 Å². The van der Waals surface area contributed by atoms with Crippen molar-refractivity contribution in [1.82, 2.24) is 4.98 Å². The molecule has 0 unspecified atom stereocenters. The number of rotatable bonds is 1. The second-order valence-electron chi connectivity index (χ2n) is 5.67. The Morgan fingerprint density at radius 3 is 2.80 bits per heavy atom. The van der Waals surface area contributed by atoms with Crippen LogP contribution in [0.5, 0.6) is 0 Å². The van der Waals surface area contributed by atoms with Crippen molar-refractivity contribution in [1.29, 1.82) is 0 Å². The van der Waals surface area contributed by atoms with Gasteiger partial charge in [-0.3, -0.25) is 15.0 Å². The number of nitro groups is 1. The van der Waals surface area contributed by atoms with Gasteiger partial charge in [0.05, 0.1) is 4.92 Å². The molecule has 1 aromatic heterocycles. The fraction of sp³-hybridized carbons (Fsp3) is 0.538. The van der Waals surface area contributed by atoms with Gasteiger partial charge in [0, 0.05) is 18.2 Å². The number of aryl methyl sites for hydroxylation is 1. The van der Waals surface area contributed by atoms with E-state index in [0.29, 0.717) is 24.3 Å². The van der Waals surface area contributed by atoms with Crippen LogP contribution < -0.4 is 4.90 Å². The maximum Gasteiger partial charge on any atom is 0.416 e. The molecule has 0 aromatic carbocycles. The lowest BCUT2D eigenvalue weighted by atomic mass is 10.1. The molecule has 0 atom stereocenters. The molecular formula is C13H17N3O4. The fourth-order valence-corrected chi connectivity index (χ4v) is 2.05. The van der Waals surface area contributed by atoms with Crippen molar-refractivity contribution < 1.29 is 14.5 Å². The highest BCUT2D eigenvalue weighted by molar-refractivity contribution is 5.88. The molecule has 2 rings (SSSR count). The number of amides is 1. The van der Waals surface area contributed by atoms with Gasteiger partial charge in [0.2, 0.25) is 0 Å². The smallest absolute Gasteiger partial charge is 0.416 e. The number of aromatic nitrogens is 1. The van der Waals surface area contributed by atoms with Crippen LogP contribution in [0.2, 0.25) is 0 Å². The Morgan fingerprint density at radius 1 is 1.50 bits per heavy atom. The zero-order chi connectivity index (χ0) is 14.9. The lowest BCUT2D eigenvalue weighted by Crippen LogP contribution is -2.40. The van der Waals surface area contributed by atoms with Crippen molar-refractivity contribution in [2.75, 3.05) is 11.4 Å². The van der Waals surface area contributed by atoms with Gasteiger partial charge in [-0.2, -0.15) is 0 Å². The lowest BCUT2D eigenvalue weighted by molar-refractivity contribution is -0.385. The van der Waals surface area contributed by atoms with Crippen LogP contribution in [-0.4, -0.2) is 28.1 Å². The molecule has 1 aliphatic heterocycles. The quantitative estimate of drug-likeness (QED) is 0.582. The van der Waals surface area contributed by atoms with Crippen LogP contribution in [0.25, 0.3) is 0 Å². The summed E-state index contributed by atoms with van der Waals surface area (Å²) in [5.74, 6) is 0.455. The van der Waals surface area contributed by atoms with E-state index in [1.807, 2.05) is 0 Å². The zero-order valence-electron chi connectivity index (χ0n) is 11.8. The molecule has 7 heteroatoms. The molecule has 20 heavy (non-hydrogen) atoms. The highest BCUT2D eigenvalue weighted by atomic mass is 16.6. The maximum absolute atomic E-state index is 12.1. The van der Waals surface area contributed by atoms with Gasteiger partial charge in [-0.05, 0) is 33.6 Å². The standard InChI is InChI=1S/C13H17N3O4/c1-13(2,3)20-12(17)15-6-4-5-9-7-10(16(18)19)8-14-11(9)15/h7-8H,4-6H2,1-3H3. The van der Waals surface area contributed by atoms with Crippen LogP contribution in [0.4, 0.5) is 16.3 Å². The Kier molecular flexibility index (Phi) is 3.61. The average Bonchev–Trinajstić information content (AvgIpc) is 2.35. The number of carbonyl (C=O) groups excluding carboxylic acids is 1. The van der Waals surface area contributed by atoms with E-state index in [2.05, 4.69) is 4.98 Å². The van der Waals surface area contributed by atoms with Gasteiger partial charge in [-0.1, -0.05) is 0 Å². The van der Waals surface area contributed by atoms with Gasteiger partial charge >= 0.3 is 6.09 Å². The Labute approximate surface area is 116 Å². The van der Waals surface area contributed by atoms with Gasteiger partial charge in [-0.15, -0.1) is 0 Å². The van der Waals surface area contributed by atoms with Crippen LogP contribution in [0.1, 0.15) is 32.8 Å². The third kappa shape index (κ3) is 3.04. The van der Waals surface area contributed by atoms with E-state index in [4.69, 9.17) is 4.74 Å². The predicted molar refractivity (Wildman–Crippen MR) is 72.8 cm³/mol. The van der Waals surface area contributed by atoms with Crippen molar-refractivity contribution in [3.05, 3.63) is 27.9 Å². The Bertz CT molecular complexity index is 551. The first kappa shape index (κ1) is 14.2. The summed E-state index contributed by atoms with van der Waals surface area (Å²) in [7, 11) is 0. The zero-order valence-corrected chi connectivity index (χ0v) is 11.8. The fourth-order valence-electron chi connectivity index (χ4n) is 2.05. The molecule has 1 aliphatic rings. The first-order valence-electron chi connectivity index (χ1n) is 6.42. The first-order valence-corrected chi connectivity index (χ1v) is 6.42. The minimum absolute atomic E-state index is 0.0604. The summed E-state index contributed by atoms with van der Waals surface area (Å²) in [5, 5.41) is 10.8. The van der Waals surface area contributed by atoms with E-state index in [0.717, 1.165) is 6.42 Å². The van der Waals surface area contributed by atoms with Crippen molar-refractivity contribution in [2.45, 2.75) is 39.2 Å². The Balaban J connectivity index is 2.29. The summed E-state index contributed by atoms with van der Waals surface area (Å²) >= 11 is 0. The average molecular weight is 279 g/mol. The molecule has 0 fully saturated rings. The van der Waals surface area contributed by atoms with E-state index in [-0.39, 0.29) is 5.69 Å². The molecule has 1 amide bonds. The molecule has 1 aromatic rings. The van der Waals surface area contributed by atoms with Gasteiger partial charge in [-0.25, -0.2) is 9.78 Å². The first-order chi connectivity index (χ1) is 9.28. The summed E-state index contributed by atoms with van der Waals surface area (Å²) < 4.78 is 5.32. The minimum atomic E-state index is -0.588. The number of anilines is 1. The number of hydrogen-bond donors (Lipinski definition) is 0. The summed E-state index contributed by atoms with van der Waals surface area (Å²) in [5.41, 5.74) is 0.0567. The molecule has 0 spiro atoms. The second kappa shape index (κ2) is 5.07. The van der Waals surface area contributed by atoms with Crippen LogP contribution in [0.3, 0.4) is 0 Å². The number of nitrogens with zero attached hydrogens (tertiary/aromatic N) is 3. The highest BCUT2D eigenvalue weighted by Gasteiger charge is 2.29. The largest absolute Gasteiger partial charge is 0.443 e. The third-order valence-corrected chi connectivity index (χ3v) is 2.84.